The molecule has 1 heterocycles. The molecular formula is C8H13ClO4. The van der Waals surface area contributed by atoms with Gasteiger partial charge in [-0.1, -0.05) is 11.6 Å². The van der Waals surface area contributed by atoms with Crippen molar-refractivity contribution in [2.45, 2.75) is 24.8 Å². The van der Waals surface area contributed by atoms with Crippen LogP contribution in [0.25, 0.3) is 0 Å². The second kappa shape index (κ2) is 4.15. The normalized spacial score (nSPS) is 23.5. The zero-order valence-corrected chi connectivity index (χ0v) is 8.21. The summed E-state index contributed by atoms with van der Waals surface area (Å²) in [5.74, 6) is 0.0408. The van der Waals surface area contributed by atoms with Crippen LogP contribution in [-0.4, -0.2) is 29.5 Å². The number of hydrogen-bond donors (Lipinski definition) is 1. The minimum Gasteiger partial charge on any atom is -0.450 e. The predicted molar refractivity (Wildman–Crippen MR) is 46.9 cm³/mol. The first-order valence-electron chi connectivity index (χ1n) is 4.21. The summed E-state index contributed by atoms with van der Waals surface area (Å²) >= 11 is 5.95. The van der Waals surface area contributed by atoms with Crippen molar-refractivity contribution in [2.24, 2.45) is 5.92 Å². The molecule has 1 unspecified atom stereocenters. The summed E-state index contributed by atoms with van der Waals surface area (Å²) in [5, 5.41) is 7.33. The maximum Gasteiger partial charge on any atom is 0.507 e. The number of carboxylic acid groups (broad SMARTS) is 1. The summed E-state index contributed by atoms with van der Waals surface area (Å²) in [6, 6.07) is 0. The smallest absolute Gasteiger partial charge is 0.450 e. The molecule has 1 fully saturated rings. The fourth-order valence-corrected chi connectivity index (χ4v) is 1.75. The minimum atomic E-state index is -1.33. The number of halogens is 1. The molecule has 1 aliphatic rings. The lowest BCUT2D eigenvalue weighted by Gasteiger charge is -2.33. The third-order valence-corrected chi connectivity index (χ3v) is 2.62. The summed E-state index contributed by atoms with van der Waals surface area (Å²) in [5.41, 5.74) is 0. The van der Waals surface area contributed by atoms with Crippen molar-refractivity contribution < 1.29 is 19.4 Å². The molecule has 13 heavy (non-hydrogen) atoms. The van der Waals surface area contributed by atoms with E-state index in [-0.39, 0.29) is 5.92 Å². The van der Waals surface area contributed by atoms with Crippen molar-refractivity contribution in [3.63, 3.8) is 0 Å². The van der Waals surface area contributed by atoms with Gasteiger partial charge in [-0.05, 0) is 19.8 Å². The Hall–Kier alpha value is -0.480. The monoisotopic (exact) mass is 208 g/mol. The fraction of sp³-hybridized carbons (Fsp3) is 0.875. The van der Waals surface area contributed by atoms with Gasteiger partial charge in [0.2, 0.25) is 0 Å². The van der Waals surface area contributed by atoms with E-state index in [0.29, 0.717) is 13.2 Å². The van der Waals surface area contributed by atoms with Crippen LogP contribution in [0.15, 0.2) is 0 Å². The average molecular weight is 209 g/mol. The summed E-state index contributed by atoms with van der Waals surface area (Å²) in [6.45, 7) is 2.82. The lowest BCUT2D eigenvalue weighted by Crippen LogP contribution is -2.37. The molecule has 1 N–H and O–H groups in total. The highest BCUT2D eigenvalue weighted by molar-refractivity contribution is 6.23. The highest BCUT2D eigenvalue weighted by Crippen LogP contribution is 2.33. The van der Waals surface area contributed by atoms with E-state index >= 15 is 0 Å². The molecule has 0 aromatic carbocycles. The first-order valence-corrected chi connectivity index (χ1v) is 4.59. The summed E-state index contributed by atoms with van der Waals surface area (Å²) in [7, 11) is 0. The molecule has 0 radical (unpaired) electrons. The Kier molecular flexibility index (Phi) is 3.39. The Morgan fingerprint density at radius 1 is 1.62 bits per heavy atom. The SMILES string of the molecule is CC(Cl)(OC(=O)O)C1CCOCC1. The number of carbonyl (C=O) groups is 1. The van der Waals surface area contributed by atoms with E-state index in [2.05, 4.69) is 4.74 Å². The van der Waals surface area contributed by atoms with E-state index in [0.717, 1.165) is 12.8 Å². The molecule has 0 aromatic heterocycles. The van der Waals surface area contributed by atoms with Gasteiger partial charge in [0.05, 0.1) is 0 Å². The van der Waals surface area contributed by atoms with Crippen LogP contribution in [0.2, 0.25) is 0 Å². The van der Waals surface area contributed by atoms with E-state index < -0.39 is 11.2 Å². The largest absolute Gasteiger partial charge is 0.507 e. The first kappa shape index (κ1) is 10.6. The second-order valence-electron chi connectivity index (χ2n) is 3.24. The van der Waals surface area contributed by atoms with Crippen LogP contribution in [0.3, 0.4) is 0 Å². The summed E-state index contributed by atoms with van der Waals surface area (Å²) in [6.07, 6.45) is 0.157. The zero-order chi connectivity index (χ0) is 9.90. The lowest BCUT2D eigenvalue weighted by atomic mass is 9.94. The van der Waals surface area contributed by atoms with Crippen molar-refractivity contribution in [2.75, 3.05) is 13.2 Å². The van der Waals surface area contributed by atoms with E-state index in [4.69, 9.17) is 21.4 Å². The Balaban J connectivity index is 2.50. The summed E-state index contributed by atoms with van der Waals surface area (Å²) in [4.78, 5) is 10.3. The minimum absolute atomic E-state index is 0.0408. The number of rotatable bonds is 2. The van der Waals surface area contributed by atoms with Crippen molar-refractivity contribution >= 4 is 17.8 Å². The fourth-order valence-electron chi connectivity index (χ4n) is 1.47. The van der Waals surface area contributed by atoms with Gasteiger partial charge in [0.1, 0.15) is 0 Å². The molecule has 0 amide bonds. The molecule has 0 spiro atoms. The maximum atomic E-state index is 10.3. The molecule has 1 aliphatic heterocycles. The van der Waals surface area contributed by atoms with Gasteiger partial charge >= 0.3 is 6.16 Å². The van der Waals surface area contributed by atoms with Gasteiger partial charge in [0, 0.05) is 19.1 Å². The van der Waals surface area contributed by atoms with E-state index in [1.165, 1.54) is 0 Å². The van der Waals surface area contributed by atoms with Crippen LogP contribution in [0.5, 0.6) is 0 Å². The molecule has 0 saturated carbocycles. The number of hydrogen-bond acceptors (Lipinski definition) is 3. The highest BCUT2D eigenvalue weighted by atomic mass is 35.5. The van der Waals surface area contributed by atoms with Gasteiger partial charge in [-0.2, -0.15) is 0 Å². The number of alkyl halides is 1. The maximum absolute atomic E-state index is 10.3. The second-order valence-corrected chi connectivity index (χ2v) is 3.99. The Morgan fingerprint density at radius 3 is 2.62 bits per heavy atom. The zero-order valence-electron chi connectivity index (χ0n) is 7.46. The molecule has 76 valence electrons. The lowest BCUT2D eigenvalue weighted by molar-refractivity contribution is -0.0320. The van der Waals surface area contributed by atoms with Gasteiger partial charge in [-0.3, -0.25) is 0 Å². The summed E-state index contributed by atoms with van der Waals surface area (Å²) < 4.78 is 9.74. The molecule has 1 rings (SSSR count). The van der Waals surface area contributed by atoms with Crippen LogP contribution in [0.1, 0.15) is 19.8 Å². The van der Waals surface area contributed by atoms with Gasteiger partial charge < -0.3 is 14.6 Å². The van der Waals surface area contributed by atoms with Crippen molar-refractivity contribution in [1.29, 1.82) is 0 Å². The van der Waals surface area contributed by atoms with Gasteiger partial charge in [0.25, 0.3) is 0 Å². The van der Waals surface area contributed by atoms with Crippen LogP contribution in [0.4, 0.5) is 4.79 Å². The average Bonchev–Trinajstić information content (AvgIpc) is 2.04. The van der Waals surface area contributed by atoms with Gasteiger partial charge in [-0.15, -0.1) is 0 Å². The van der Waals surface area contributed by atoms with Gasteiger partial charge in [0.15, 0.2) is 5.06 Å². The van der Waals surface area contributed by atoms with E-state index in [9.17, 15) is 4.79 Å². The van der Waals surface area contributed by atoms with Gasteiger partial charge in [-0.25, -0.2) is 4.79 Å². The van der Waals surface area contributed by atoms with E-state index in [1.54, 1.807) is 6.92 Å². The Morgan fingerprint density at radius 2 is 2.15 bits per heavy atom. The third-order valence-electron chi connectivity index (χ3n) is 2.24. The van der Waals surface area contributed by atoms with Crippen LogP contribution < -0.4 is 0 Å². The molecule has 0 aromatic rings. The Bertz CT molecular complexity index is 187. The molecule has 1 atom stereocenters. The third kappa shape index (κ3) is 3.04. The quantitative estimate of drug-likeness (QED) is 0.558. The van der Waals surface area contributed by atoms with Crippen molar-refractivity contribution in [1.82, 2.24) is 0 Å². The van der Waals surface area contributed by atoms with E-state index in [1.807, 2.05) is 0 Å². The number of ether oxygens (including phenoxy) is 2. The molecule has 0 bridgehead atoms. The van der Waals surface area contributed by atoms with Crippen LogP contribution in [0, 0.1) is 5.92 Å². The molecule has 1 saturated heterocycles. The van der Waals surface area contributed by atoms with Crippen molar-refractivity contribution in [3.05, 3.63) is 0 Å². The molecular weight excluding hydrogens is 196 g/mol. The van der Waals surface area contributed by atoms with Crippen LogP contribution >= 0.6 is 11.6 Å². The first-order chi connectivity index (χ1) is 6.02. The van der Waals surface area contributed by atoms with Crippen molar-refractivity contribution in [3.8, 4) is 0 Å². The predicted octanol–water partition coefficient (Wildman–Crippen LogP) is 2.06. The Labute approximate surface area is 81.8 Å². The highest BCUT2D eigenvalue weighted by Gasteiger charge is 2.36. The molecule has 0 aliphatic carbocycles. The molecule has 4 nitrogen and oxygen atoms in total. The van der Waals surface area contributed by atoms with Crippen LogP contribution in [-0.2, 0) is 9.47 Å². The molecule has 5 heteroatoms. The standard InChI is InChI=1S/C8H13ClO4/c1-8(9,13-7(10)11)6-2-4-12-5-3-6/h6H,2-5H2,1H3,(H,10,11). The topological polar surface area (TPSA) is 55.8 Å².